The maximum absolute atomic E-state index is 12.9. The van der Waals surface area contributed by atoms with Gasteiger partial charge in [0.2, 0.25) is 23.6 Å². The minimum atomic E-state index is -1.37. The number of aliphatic carboxylic acids is 1. The fourth-order valence-electron chi connectivity index (χ4n) is 3.28. The van der Waals surface area contributed by atoms with E-state index >= 15 is 0 Å². The highest BCUT2D eigenvalue weighted by atomic mass is 16.4. The van der Waals surface area contributed by atoms with Gasteiger partial charge in [-0.25, -0.2) is 4.79 Å². The summed E-state index contributed by atoms with van der Waals surface area (Å²) in [5.41, 5.74) is 11.0. The van der Waals surface area contributed by atoms with Crippen LogP contribution in [0.1, 0.15) is 46.0 Å². The number of carboxylic acids is 1. The number of aliphatic hydroxyl groups excluding tert-OH is 1. The van der Waals surface area contributed by atoms with E-state index in [-0.39, 0.29) is 31.7 Å². The molecule has 1 rings (SSSR count). The lowest BCUT2D eigenvalue weighted by atomic mass is 9.99. The van der Waals surface area contributed by atoms with Crippen LogP contribution in [-0.4, -0.2) is 82.0 Å². The number of aliphatic hydroxyl groups is 1. The van der Waals surface area contributed by atoms with Gasteiger partial charge in [0.25, 0.3) is 0 Å². The molecule has 12 nitrogen and oxygen atoms in total. The zero-order chi connectivity index (χ0) is 23.7. The van der Waals surface area contributed by atoms with Crippen molar-refractivity contribution in [3.63, 3.8) is 0 Å². The van der Waals surface area contributed by atoms with Crippen LogP contribution >= 0.6 is 0 Å². The fourth-order valence-corrected chi connectivity index (χ4v) is 3.28. The van der Waals surface area contributed by atoms with Crippen LogP contribution < -0.4 is 22.1 Å². The number of carbonyl (C=O) groups is 5. The summed E-state index contributed by atoms with van der Waals surface area (Å²) in [6, 6.07) is -4.53. The van der Waals surface area contributed by atoms with Crippen molar-refractivity contribution in [3.05, 3.63) is 0 Å². The zero-order valence-corrected chi connectivity index (χ0v) is 17.9. The fraction of sp³-hybridized carbons (Fsp3) is 0.737. The second-order valence-corrected chi connectivity index (χ2v) is 7.75. The molecular formula is C19H33N5O7. The average molecular weight is 444 g/mol. The van der Waals surface area contributed by atoms with Gasteiger partial charge in [0.05, 0.1) is 12.6 Å². The molecule has 1 saturated heterocycles. The first kappa shape index (κ1) is 26.3. The summed E-state index contributed by atoms with van der Waals surface area (Å²) in [5, 5.41) is 23.6. The molecule has 0 bridgehead atoms. The Morgan fingerprint density at radius 3 is 2.26 bits per heavy atom. The maximum Gasteiger partial charge on any atom is 0.326 e. The summed E-state index contributed by atoms with van der Waals surface area (Å²) in [6.07, 6.45) is 1.02. The van der Waals surface area contributed by atoms with Crippen molar-refractivity contribution in [3.8, 4) is 0 Å². The van der Waals surface area contributed by atoms with Crippen LogP contribution in [0.4, 0.5) is 0 Å². The largest absolute Gasteiger partial charge is 0.480 e. The maximum atomic E-state index is 12.9. The molecule has 8 N–H and O–H groups in total. The van der Waals surface area contributed by atoms with Crippen molar-refractivity contribution < 1.29 is 34.2 Å². The van der Waals surface area contributed by atoms with Gasteiger partial charge in [-0.15, -0.1) is 0 Å². The van der Waals surface area contributed by atoms with Crippen LogP contribution in [0.15, 0.2) is 0 Å². The van der Waals surface area contributed by atoms with Crippen LogP contribution in [0.25, 0.3) is 0 Å². The van der Waals surface area contributed by atoms with E-state index < -0.39 is 60.4 Å². The lowest BCUT2D eigenvalue weighted by Crippen LogP contribution is -2.58. The second kappa shape index (κ2) is 12.2. The molecule has 1 fully saturated rings. The molecule has 5 atom stereocenters. The molecule has 12 heteroatoms. The SMILES string of the molecule is CCC(C)C(N)C(=O)NC(CO)C(=O)NC(CCC(N)=O)C(=O)N1CCCC1C(=O)O. The highest BCUT2D eigenvalue weighted by Gasteiger charge is 2.38. The molecule has 5 unspecified atom stereocenters. The Balaban J connectivity index is 2.92. The molecule has 0 aromatic carbocycles. The van der Waals surface area contributed by atoms with Gasteiger partial charge in [-0.1, -0.05) is 20.3 Å². The van der Waals surface area contributed by atoms with Crippen LogP contribution in [0.5, 0.6) is 0 Å². The standard InChI is InChI=1S/C19H33N5O7/c1-3-10(2)15(21)17(28)23-12(9-25)16(27)22-11(6-7-14(20)26)18(29)24-8-4-5-13(24)19(30)31/h10-13,15,25H,3-9,21H2,1-2H3,(H2,20,26)(H,22,27)(H,23,28)(H,30,31). The lowest BCUT2D eigenvalue weighted by Gasteiger charge is -2.28. The second-order valence-electron chi connectivity index (χ2n) is 7.75. The van der Waals surface area contributed by atoms with Crippen LogP contribution in [0.2, 0.25) is 0 Å². The molecule has 1 heterocycles. The molecule has 0 spiro atoms. The Bertz CT molecular complexity index is 687. The van der Waals surface area contributed by atoms with E-state index in [1.807, 2.05) is 6.92 Å². The predicted molar refractivity (Wildman–Crippen MR) is 109 cm³/mol. The monoisotopic (exact) mass is 443 g/mol. The van der Waals surface area contributed by atoms with E-state index in [0.717, 1.165) is 4.90 Å². The summed E-state index contributed by atoms with van der Waals surface area (Å²) in [5.74, 6) is -4.18. The molecule has 0 radical (unpaired) electrons. The Kier molecular flexibility index (Phi) is 10.4. The van der Waals surface area contributed by atoms with Crippen molar-refractivity contribution in [1.82, 2.24) is 15.5 Å². The number of likely N-dealkylation sites (tertiary alicyclic amines) is 1. The third kappa shape index (κ3) is 7.47. The Labute approximate surface area is 180 Å². The number of carboxylic acid groups (broad SMARTS) is 1. The minimum absolute atomic E-state index is 0.152. The number of nitrogens with zero attached hydrogens (tertiary/aromatic N) is 1. The van der Waals surface area contributed by atoms with Gasteiger partial charge in [0, 0.05) is 13.0 Å². The Hall–Kier alpha value is -2.73. The molecule has 0 saturated carbocycles. The number of nitrogens with two attached hydrogens (primary N) is 2. The quantitative estimate of drug-likeness (QED) is 0.192. The Morgan fingerprint density at radius 2 is 1.74 bits per heavy atom. The number of carbonyl (C=O) groups excluding carboxylic acids is 4. The van der Waals surface area contributed by atoms with Gasteiger partial charge in [0.1, 0.15) is 18.1 Å². The zero-order valence-electron chi connectivity index (χ0n) is 17.9. The van der Waals surface area contributed by atoms with Crippen LogP contribution in [-0.2, 0) is 24.0 Å². The van der Waals surface area contributed by atoms with Gasteiger partial charge < -0.3 is 37.2 Å². The summed E-state index contributed by atoms with van der Waals surface area (Å²) in [7, 11) is 0. The minimum Gasteiger partial charge on any atom is -0.480 e. The number of hydrogen-bond donors (Lipinski definition) is 6. The normalized spacial score (nSPS) is 19.7. The van der Waals surface area contributed by atoms with Crippen molar-refractivity contribution >= 4 is 29.6 Å². The van der Waals surface area contributed by atoms with Crippen molar-refractivity contribution in [1.29, 1.82) is 0 Å². The molecule has 176 valence electrons. The number of nitrogens with one attached hydrogen (secondary N) is 2. The van der Waals surface area contributed by atoms with E-state index in [2.05, 4.69) is 10.6 Å². The third-order valence-corrected chi connectivity index (χ3v) is 5.49. The van der Waals surface area contributed by atoms with Gasteiger partial charge in [-0.05, 0) is 25.2 Å². The summed E-state index contributed by atoms with van der Waals surface area (Å²) >= 11 is 0. The van der Waals surface area contributed by atoms with Crippen LogP contribution in [0, 0.1) is 5.92 Å². The van der Waals surface area contributed by atoms with E-state index in [0.29, 0.717) is 12.8 Å². The van der Waals surface area contributed by atoms with E-state index in [1.165, 1.54) is 0 Å². The van der Waals surface area contributed by atoms with E-state index in [9.17, 15) is 34.2 Å². The van der Waals surface area contributed by atoms with Crippen molar-refractivity contribution in [2.75, 3.05) is 13.2 Å². The van der Waals surface area contributed by atoms with Gasteiger partial charge >= 0.3 is 5.97 Å². The molecule has 1 aliphatic rings. The predicted octanol–water partition coefficient (Wildman–Crippen LogP) is -2.34. The lowest BCUT2D eigenvalue weighted by molar-refractivity contribution is -0.149. The van der Waals surface area contributed by atoms with Gasteiger partial charge in [-0.3, -0.25) is 19.2 Å². The molecule has 0 aromatic rings. The third-order valence-electron chi connectivity index (χ3n) is 5.49. The highest BCUT2D eigenvalue weighted by Crippen LogP contribution is 2.19. The summed E-state index contributed by atoms with van der Waals surface area (Å²) < 4.78 is 0. The summed E-state index contributed by atoms with van der Waals surface area (Å²) in [4.78, 5) is 61.5. The van der Waals surface area contributed by atoms with Crippen LogP contribution in [0.3, 0.4) is 0 Å². The van der Waals surface area contributed by atoms with Crippen molar-refractivity contribution in [2.45, 2.75) is 70.1 Å². The first-order valence-electron chi connectivity index (χ1n) is 10.3. The Morgan fingerprint density at radius 1 is 1.13 bits per heavy atom. The molecule has 31 heavy (non-hydrogen) atoms. The molecule has 0 aromatic heterocycles. The number of rotatable bonds is 12. The van der Waals surface area contributed by atoms with Gasteiger partial charge in [-0.2, -0.15) is 0 Å². The smallest absolute Gasteiger partial charge is 0.326 e. The average Bonchev–Trinajstić information content (AvgIpc) is 3.22. The molecule has 1 aliphatic heterocycles. The molecule has 4 amide bonds. The summed E-state index contributed by atoms with van der Waals surface area (Å²) in [6.45, 7) is 3.07. The first-order chi connectivity index (χ1) is 14.5. The van der Waals surface area contributed by atoms with Crippen molar-refractivity contribution in [2.24, 2.45) is 17.4 Å². The number of primary amides is 1. The first-order valence-corrected chi connectivity index (χ1v) is 10.3. The van der Waals surface area contributed by atoms with E-state index in [1.54, 1.807) is 6.92 Å². The number of hydrogen-bond acceptors (Lipinski definition) is 7. The van der Waals surface area contributed by atoms with E-state index in [4.69, 9.17) is 11.5 Å². The molecular weight excluding hydrogens is 410 g/mol. The number of amides is 4. The highest BCUT2D eigenvalue weighted by molar-refractivity contribution is 5.94. The van der Waals surface area contributed by atoms with Gasteiger partial charge in [0.15, 0.2) is 0 Å². The molecule has 0 aliphatic carbocycles. The topological polar surface area (TPSA) is 205 Å².